The van der Waals surface area contributed by atoms with E-state index < -0.39 is 16.9 Å². The first-order valence-corrected chi connectivity index (χ1v) is 5.58. The van der Waals surface area contributed by atoms with Crippen molar-refractivity contribution < 1.29 is 9.59 Å². The van der Waals surface area contributed by atoms with Crippen LogP contribution in [0.3, 0.4) is 0 Å². The van der Waals surface area contributed by atoms with Gasteiger partial charge >= 0.3 is 0 Å². The highest BCUT2D eigenvalue weighted by Crippen LogP contribution is 2.25. The Morgan fingerprint density at radius 3 is 1.88 bits per heavy atom. The zero-order valence-electron chi connectivity index (χ0n) is 10.6. The second-order valence-corrected chi connectivity index (χ2v) is 4.63. The fraction of sp³-hybridized carbons (Fsp3) is 0.818. The minimum Gasteiger partial charge on any atom is -0.368 e. The third kappa shape index (κ3) is 2.95. The van der Waals surface area contributed by atoms with E-state index in [1.54, 1.807) is 13.8 Å². The first-order valence-electron chi connectivity index (χ1n) is 5.58. The monoisotopic (exact) mass is 229 g/mol. The summed E-state index contributed by atoms with van der Waals surface area (Å²) >= 11 is 0. The van der Waals surface area contributed by atoms with Crippen LogP contribution in [0, 0.1) is 5.41 Å². The van der Waals surface area contributed by atoms with Crippen molar-refractivity contribution in [1.82, 2.24) is 5.32 Å². The molecule has 0 bridgehead atoms. The van der Waals surface area contributed by atoms with Crippen LogP contribution in [0.15, 0.2) is 0 Å². The standard InChI is InChI=1S/C11H23N3O2/c1-5-11(6-2,7-12)9(16)14-10(3,4)8(13)15/h5-7,12H2,1-4H3,(H2,13,15)(H,14,16). The van der Waals surface area contributed by atoms with E-state index in [0.717, 1.165) is 0 Å². The van der Waals surface area contributed by atoms with E-state index in [0.29, 0.717) is 12.8 Å². The number of carbonyl (C=O) groups excluding carboxylic acids is 2. The largest absolute Gasteiger partial charge is 0.368 e. The number of nitrogens with one attached hydrogen (secondary N) is 1. The van der Waals surface area contributed by atoms with Crippen molar-refractivity contribution in [3.8, 4) is 0 Å². The summed E-state index contributed by atoms with van der Waals surface area (Å²) < 4.78 is 0. The molecule has 0 aromatic heterocycles. The number of primary amides is 1. The summed E-state index contributed by atoms with van der Waals surface area (Å²) in [5.74, 6) is -0.761. The minimum absolute atomic E-state index is 0.205. The number of amides is 2. The average molecular weight is 229 g/mol. The van der Waals surface area contributed by atoms with Crippen LogP contribution in [0.2, 0.25) is 0 Å². The topological polar surface area (TPSA) is 98.2 Å². The number of rotatable bonds is 6. The van der Waals surface area contributed by atoms with E-state index in [4.69, 9.17) is 11.5 Å². The van der Waals surface area contributed by atoms with Crippen LogP contribution < -0.4 is 16.8 Å². The van der Waals surface area contributed by atoms with E-state index in [1.165, 1.54) is 0 Å². The first-order chi connectivity index (χ1) is 7.25. The van der Waals surface area contributed by atoms with Gasteiger partial charge in [0, 0.05) is 6.54 Å². The summed E-state index contributed by atoms with van der Waals surface area (Å²) in [5.41, 5.74) is 9.20. The van der Waals surface area contributed by atoms with Crippen molar-refractivity contribution in [2.24, 2.45) is 16.9 Å². The van der Waals surface area contributed by atoms with Crippen LogP contribution in [0.5, 0.6) is 0 Å². The van der Waals surface area contributed by atoms with Crippen molar-refractivity contribution in [2.75, 3.05) is 6.54 Å². The van der Waals surface area contributed by atoms with Gasteiger partial charge in [-0.2, -0.15) is 0 Å². The minimum atomic E-state index is -1.04. The second kappa shape index (κ2) is 5.30. The fourth-order valence-electron chi connectivity index (χ4n) is 1.43. The summed E-state index contributed by atoms with van der Waals surface area (Å²) in [4.78, 5) is 23.2. The number of hydrogen-bond donors (Lipinski definition) is 3. The predicted molar refractivity (Wildman–Crippen MR) is 63.5 cm³/mol. The van der Waals surface area contributed by atoms with Crippen molar-refractivity contribution in [1.29, 1.82) is 0 Å². The predicted octanol–water partition coefficient (Wildman–Crippen LogP) is 0.132. The SMILES string of the molecule is CCC(CC)(CN)C(=O)NC(C)(C)C(N)=O. The highest BCUT2D eigenvalue weighted by Gasteiger charge is 2.37. The Labute approximate surface area is 96.9 Å². The van der Waals surface area contributed by atoms with Gasteiger partial charge in [0.25, 0.3) is 0 Å². The van der Waals surface area contributed by atoms with Crippen LogP contribution in [0.25, 0.3) is 0 Å². The number of nitrogens with two attached hydrogens (primary N) is 2. The molecule has 0 heterocycles. The van der Waals surface area contributed by atoms with Gasteiger partial charge in [-0.25, -0.2) is 0 Å². The molecule has 0 aromatic rings. The normalized spacial score (nSPS) is 12.3. The van der Waals surface area contributed by atoms with Crippen molar-refractivity contribution >= 4 is 11.8 Å². The Hall–Kier alpha value is -1.10. The number of hydrogen-bond acceptors (Lipinski definition) is 3. The molecular weight excluding hydrogens is 206 g/mol. The molecule has 0 atom stereocenters. The quantitative estimate of drug-likeness (QED) is 0.604. The van der Waals surface area contributed by atoms with Gasteiger partial charge in [-0.15, -0.1) is 0 Å². The molecule has 0 rings (SSSR count). The van der Waals surface area contributed by atoms with E-state index in [-0.39, 0.29) is 12.5 Å². The molecule has 0 saturated heterocycles. The molecule has 0 unspecified atom stereocenters. The Balaban J connectivity index is 4.86. The summed E-state index contributed by atoms with van der Waals surface area (Å²) in [6, 6.07) is 0. The maximum Gasteiger partial charge on any atom is 0.242 e. The summed E-state index contributed by atoms with van der Waals surface area (Å²) in [5, 5.41) is 2.66. The van der Waals surface area contributed by atoms with Gasteiger partial charge in [0.05, 0.1) is 5.41 Å². The molecule has 0 aliphatic rings. The Morgan fingerprint density at radius 1 is 1.19 bits per heavy atom. The maximum absolute atomic E-state index is 12.1. The zero-order chi connectivity index (χ0) is 13.0. The molecule has 2 amide bonds. The van der Waals surface area contributed by atoms with Crippen LogP contribution in [0.4, 0.5) is 0 Å². The number of carbonyl (C=O) groups is 2. The van der Waals surface area contributed by atoms with Gasteiger partial charge < -0.3 is 16.8 Å². The Kier molecular flexibility index (Phi) is 4.93. The molecule has 0 saturated carbocycles. The third-order valence-corrected chi connectivity index (χ3v) is 3.27. The lowest BCUT2D eigenvalue weighted by Crippen LogP contribution is -2.58. The van der Waals surface area contributed by atoms with Gasteiger partial charge in [-0.05, 0) is 26.7 Å². The van der Waals surface area contributed by atoms with E-state index in [1.807, 2.05) is 13.8 Å². The smallest absolute Gasteiger partial charge is 0.242 e. The zero-order valence-corrected chi connectivity index (χ0v) is 10.6. The molecule has 5 N–H and O–H groups in total. The van der Waals surface area contributed by atoms with Gasteiger partial charge in [-0.3, -0.25) is 9.59 Å². The lowest BCUT2D eigenvalue weighted by Gasteiger charge is -2.33. The summed E-state index contributed by atoms with van der Waals surface area (Å²) in [6.45, 7) is 7.25. The molecule has 5 nitrogen and oxygen atoms in total. The Morgan fingerprint density at radius 2 is 1.62 bits per heavy atom. The average Bonchev–Trinajstić information content (AvgIpc) is 2.20. The molecule has 0 fully saturated rings. The van der Waals surface area contributed by atoms with Crippen molar-refractivity contribution in [2.45, 2.75) is 46.1 Å². The fourth-order valence-corrected chi connectivity index (χ4v) is 1.43. The van der Waals surface area contributed by atoms with Gasteiger partial charge in [0.1, 0.15) is 5.54 Å². The van der Waals surface area contributed by atoms with Gasteiger partial charge in [-0.1, -0.05) is 13.8 Å². The highest BCUT2D eigenvalue weighted by molar-refractivity contribution is 5.91. The maximum atomic E-state index is 12.1. The molecule has 5 heteroatoms. The van der Waals surface area contributed by atoms with Crippen molar-refractivity contribution in [3.05, 3.63) is 0 Å². The van der Waals surface area contributed by atoms with E-state index >= 15 is 0 Å². The molecule has 0 aliphatic carbocycles. The summed E-state index contributed by atoms with van der Waals surface area (Å²) in [6.07, 6.45) is 1.28. The lowest BCUT2D eigenvalue weighted by molar-refractivity contribution is -0.137. The van der Waals surface area contributed by atoms with Crippen LogP contribution in [0.1, 0.15) is 40.5 Å². The highest BCUT2D eigenvalue weighted by atomic mass is 16.2. The molecular formula is C11H23N3O2. The molecule has 16 heavy (non-hydrogen) atoms. The molecule has 94 valence electrons. The second-order valence-electron chi connectivity index (χ2n) is 4.63. The first kappa shape index (κ1) is 14.9. The van der Waals surface area contributed by atoms with Crippen LogP contribution in [-0.2, 0) is 9.59 Å². The van der Waals surface area contributed by atoms with Crippen LogP contribution >= 0.6 is 0 Å². The molecule has 0 spiro atoms. The van der Waals surface area contributed by atoms with Gasteiger partial charge in [0.15, 0.2) is 0 Å². The third-order valence-electron chi connectivity index (χ3n) is 3.27. The molecule has 0 aliphatic heterocycles. The van der Waals surface area contributed by atoms with E-state index in [2.05, 4.69) is 5.32 Å². The van der Waals surface area contributed by atoms with Gasteiger partial charge in [0.2, 0.25) is 11.8 Å². The van der Waals surface area contributed by atoms with Crippen LogP contribution in [-0.4, -0.2) is 23.9 Å². The Bertz CT molecular complexity index is 262. The van der Waals surface area contributed by atoms with E-state index in [9.17, 15) is 9.59 Å². The lowest BCUT2D eigenvalue weighted by atomic mass is 9.80. The molecule has 0 radical (unpaired) electrons. The van der Waals surface area contributed by atoms with Crippen molar-refractivity contribution in [3.63, 3.8) is 0 Å². The summed E-state index contributed by atoms with van der Waals surface area (Å²) in [7, 11) is 0. The molecule has 0 aromatic carbocycles.